The highest BCUT2D eigenvalue weighted by atomic mass is 35.5. The fraction of sp³-hybridized carbons (Fsp3) is 0.353. The Bertz CT molecular complexity index is 725. The topological polar surface area (TPSA) is 79.2 Å². The van der Waals surface area contributed by atoms with Gasteiger partial charge in [-0.1, -0.05) is 17.7 Å². The maximum atomic E-state index is 13.0. The average Bonchev–Trinajstić information content (AvgIpc) is 3.39. The molecular weight excluding hydrogens is 335 g/mol. The average molecular weight is 351 g/mol. The van der Waals surface area contributed by atoms with Gasteiger partial charge in [-0.25, -0.2) is 9.18 Å². The Kier molecular flexibility index (Phi) is 5.58. The van der Waals surface area contributed by atoms with Crippen LogP contribution in [0.5, 0.6) is 0 Å². The Hall–Kier alpha value is -2.39. The number of hydrogen-bond acceptors (Lipinski definition) is 4. The van der Waals surface area contributed by atoms with Crippen molar-refractivity contribution in [1.29, 1.82) is 5.26 Å². The molecule has 0 bridgehead atoms. The minimum atomic E-state index is -0.926. The van der Waals surface area contributed by atoms with Crippen LogP contribution < -0.4 is 5.32 Å². The molecule has 7 heteroatoms. The second-order valence-corrected chi connectivity index (χ2v) is 6.16. The first-order valence-electron chi connectivity index (χ1n) is 7.36. The molecule has 1 fully saturated rings. The third kappa shape index (κ3) is 4.80. The zero-order chi connectivity index (χ0) is 17.7. The molecule has 1 aromatic carbocycles. The number of carbonyl (C=O) groups is 2. The van der Waals surface area contributed by atoms with E-state index in [-0.39, 0.29) is 10.9 Å². The van der Waals surface area contributed by atoms with Crippen LogP contribution in [0.25, 0.3) is 6.08 Å². The van der Waals surface area contributed by atoms with Gasteiger partial charge in [-0.15, -0.1) is 0 Å². The molecule has 1 N–H and O–H groups in total. The van der Waals surface area contributed by atoms with Crippen molar-refractivity contribution in [3.8, 4) is 6.07 Å². The number of nitrogens with zero attached hydrogens (tertiary/aromatic N) is 1. The van der Waals surface area contributed by atoms with Crippen LogP contribution in [0.2, 0.25) is 5.02 Å². The maximum Gasteiger partial charge on any atom is 0.331 e. The SMILES string of the molecule is C[C@@](C#N)(NC(=O)COC(=O)/C=C/c1ccc(F)c(Cl)c1)C1CC1. The Labute approximate surface area is 144 Å². The molecule has 5 nitrogen and oxygen atoms in total. The number of halogens is 2. The number of carbonyl (C=O) groups excluding carboxylic acids is 2. The van der Waals surface area contributed by atoms with E-state index < -0.39 is 29.8 Å². The van der Waals surface area contributed by atoms with E-state index in [2.05, 4.69) is 11.4 Å². The summed E-state index contributed by atoms with van der Waals surface area (Å²) in [7, 11) is 0. The first-order chi connectivity index (χ1) is 11.3. The number of benzene rings is 1. The minimum absolute atomic E-state index is 0.0549. The van der Waals surface area contributed by atoms with E-state index >= 15 is 0 Å². The van der Waals surface area contributed by atoms with E-state index in [1.54, 1.807) is 6.92 Å². The Balaban J connectivity index is 1.82. The third-order valence-corrected chi connectivity index (χ3v) is 4.02. The van der Waals surface area contributed by atoms with E-state index in [9.17, 15) is 14.0 Å². The zero-order valence-electron chi connectivity index (χ0n) is 13.0. The van der Waals surface area contributed by atoms with Gasteiger partial charge in [0.2, 0.25) is 0 Å². The van der Waals surface area contributed by atoms with Gasteiger partial charge in [-0.2, -0.15) is 5.26 Å². The second-order valence-electron chi connectivity index (χ2n) is 5.75. The molecule has 0 saturated heterocycles. The van der Waals surface area contributed by atoms with Gasteiger partial charge >= 0.3 is 5.97 Å². The Morgan fingerprint density at radius 3 is 2.83 bits per heavy atom. The van der Waals surface area contributed by atoms with Crippen molar-refractivity contribution in [3.63, 3.8) is 0 Å². The van der Waals surface area contributed by atoms with Crippen LogP contribution in [0.4, 0.5) is 4.39 Å². The molecule has 2 rings (SSSR count). The van der Waals surface area contributed by atoms with Crippen molar-refractivity contribution in [2.45, 2.75) is 25.3 Å². The van der Waals surface area contributed by atoms with Crippen molar-refractivity contribution in [1.82, 2.24) is 5.32 Å². The molecule has 1 aliphatic carbocycles. The molecule has 0 aromatic heterocycles. The van der Waals surface area contributed by atoms with Crippen molar-refractivity contribution in [2.24, 2.45) is 5.92 Å². The summed E-state index contributed by atoms with van der Waals surface area (Å²) in [6.45, 7) is 1.18. The Morgan fingerprint density at radius 2 is 2.25 bits per heavy atom. The van der Waals surface area contributed by atoms with Crippen LogP contribution in [-0.2, 0) is 14.3 Å². The predicted octanol–water partition coefficient (Wildman–Crippen LogP) is 2.84. The minimum Gasteiger partial charge on any atom is -0.452 e. The first-order valence-corrected chi connectivity index (χ1v) is 7.74. The molecule has 24 heavy (non-hydrogen) atoms. The molecular formula is C17H16ClFN2O3. The monoisotopic (exact) mass is 350 g/mol. The van der Waals surface area contributed by atoms with Crippen LogP contribution in [0.15, 0.2) is 24.3 Å². The lowest BCUT2D eigenvalue weighted by atomic mass is 9.98. The lowest BCUT2D eigenvalue weighted by Crippen LogP contribution is -2.48. The highest BCUT2D eigenvalue weighted by Crippen LogP contribution is 2.39. The summed E-state index contributed by atoms with van der Waals surface area (Å²) in [5.41, 5.74) is -0.405. The summed E-state index contributed by atoms with van der Waals surface area (Å²) in [6, 6.07) is 6.08. The van der Waals surface area contributed by atoms with Crippen LogP contribution in [-0.4, -0.2) is 24.0 Å². The first kappa shape index (κ1) is 18.0. The predicted molar refractivity (Wildman–Crippen MR) is 86.3 cm³/mol. The van der Waals surface area contributed by atoms with Gasteiger partial charge in [-0.05, 0) is 49.5 Å². The fourth-order valence-corrected chi connectivity index (χ4v) is 2.36. The van der Waals surface area contributed by atoms with Crippen molar-refractivity contribution >= 4 is 29.6 Å². The lowest BCUT2D eigenvalue weighted by Gasteiger charge is -2.22. The molecule has 1 aliphatic rings. The number of nitriles is 1. The third-order valence-electron chi connectivity index (χ3n) is 3.73. The van der Waals surface area contributed by atoms with Crippen LogP contribution in [0, 0.1) is 23.1 Å². The van der Waals surface area contributed by atoms with Gasteiger partial charge in [-0.3, -0.25) is 4.79 Å². The summed E-state index contributed by atoms with van der Waals surface area (Å²) in [6.07, 6.45) is 4.30. The number of hydrogen-bond donors (Lipinski definition) is 1. The fourth-order valence-electron chi connectivity index (χ4n) is 2.17. The number of nitrogens with one attached hydrogen (secondary N) is 1. The molecule has 1 amide bonds. The molecule has 1 saturated carbocycles. The van der Waals surface area contributed by atoms with Gasteiger partial charge in [0.25, 0.3) is 5.91 Å². The van der Waals surface area contributed by atoms with E-state index in [0.717, 1.165) is 18.9 Å². The van der Waals surface area contributed by atoms with Gasteiger partial charge in [0.15, 0.2) is 6.61 Å². The lowest BCUT2D eigenvalue weighted by molar-refractivity contribution is -0.144. The smallest absolute Gasteiger partial charge is 0.331 e. The Morgan fingerprint density at radius 1 is 1.54 bits per heavy atom. The molecule has 0 heterocycles. The highest BCUT2D eigenvalue weighted by molar-refractivity contribution is 6.30. The van der Waals surface area contributed by atoms with Gasteiger partial charge < -0.3 is 10.1 Å². The molecule has 1 atom stereocenters. The maximum absolute atomic E-state index is 13.0. The normalized spacial score (nSPS) is 16.2. The molecule has 126 valence electrons. The largest absolute Gasteiger partial charge is 0.452 e. The van der Waals surface area contributed by atoms with Crippen LogP contribution in [0.1, 0.15) is 25.3 Å². The summed E-state index contributed by atoms with van der Waals surface area (Å²) < 4.78 is 17.8. The molecule has 0 unspecified atom stereocenters. The van der Waals surface area contributed by atoms with Gasteiger partial charge in [0.1, 0.15) is 11.4 Å². The van der Waals surface area contributed by atoms with E-state index in [1.807, 2.05) is 0 Å². The van der Waals surface area contributed by atoms with E-state index in [1.165, 1.54) is 24.3 Å². The number of esters is 1. The molecule has 0 spiro atoms. The van der Waals surface area contributed by atoms with Crippen molar-refractivity contribution in [3.05, 3.63) is 40.7 Å². The summed E-state index contributed by atoms with van der Waals surface area (Å²) in [5.74, 6) is -1.66. The van der Waals surface area contributed by atoms with Gasteiger partial charge in [0.05, 0.1) is 11.1 Å². The number of amides is 1. The number of ether oxygens (including phenoxy) is 1. The number of rotatable bonds is 6. The highest BCUT2D eigenvalue weighted by Gasteiger charge is 2.43. The molecule has 1 aromatic rings. The zero-order valence-corrected chi connectivity index (χ0v) is 13.8. The summed E-state index contributed by atoms with van der Waals surface area (Å²) in [5, 5.41) is 11.7. The van der Waals surface area contributed by atoms with E-state index in [0.29, 0.717) is 5.56 Å². The molecule has 0 aliphatic heterocycles. The van der Waals surface area contributed by atoms with Crippen LogP contribution >= 0.6 is 11.6 Å². The van der Waals surface area contributed by atoms with Crippen molar-refractivity contribution < 1.29 is 18.7 Å². The second kappa shape index (κ2) is 7.45. The summed E-state index contributed by atoms with van der Waals surface area (Å²) >= 11 is 5.63. The quantitative estimate of drug-likeness (QED) is 0.632. The van der Waals surface area contributed by atoms with Crippen molar-refractivity contribution in [2.75, 3.05) is 6.61 Å². The standard InChI is InChI=1S/C17H16ClFN2O3/c1-17(10-20,12-4-5-12)21-15(22)9-24-16(23)7-3-11-2-6-14(19)13(18)8-11/h2-3,6-8,12H,4-5,9H2,1H3,(H,21,22)/b7-3+/t17-/m0/s1. The van der Waals surface area contributed by atoms with Gasteiger partial charge in [0, 0.05) is 6.08 Å². The summed E-state index contributed by atoms with van der Waals surface area (Å²) in [4.78, 5) is 23.4. The van der Waals surface area contributed by atoms with Crippen LogP contribution in [0.3, 0.4) is 0 Å². The van der Waals surface area contributed by atoms with E-state index in [4.69, 9.17) is 21.6 Å². The molecule has 0 radical (unpaired) electrons.